The summed E-state index contributed by atoms with van der Waals surface area (Å²) in [7, 11) is 0. The Morgan fingerprint density at radius 2 is 2.14 bits per heavy atom. The van der Waals surface area contributed by atoms with E-state index in [1.54, 1.807) is 0 Å². The van der Waals surface area contributed by atoms with Crippen molar-refractivity contribution in [2.24, 2.45) is 5.92 Å². The quantitative estimate of drug-likeness (QED) is 0.918. The van der Waals surface area contributed by atoms with E-state index in [0.717, 1.165) is 31.9 Å². The molecule has 0 aliphatic carbocycles. The van der Waals surface area contributed by atoms with Gasteiger partial charge in [-0.15, -0.1) is 0 Å². The fourth-order valence-electron chi connectivity index (χ4n) is 2.98. The van der Waals surface area contributed by atoms with Gasteiger partial charge in [0, 0.05) is 25.4 Å². The maximum Gasteiger partial charge on any atom is 0.110 e. The van der Waals surface area contributed by atoms with Crippen molar-refractivity contribution in [2.45, 2.75) is 32.9 Å². The Hall–Kier alpha value is -1.65. The van der Waals surface area contributed by atoms with Gasteiger partial charge in [0.2, 0.25) is 0 Å². The molecule has 21 heavy (non-hydrogen) atoms. The minimum Gasteiger partial charge on any atom is -0.378 e. The summed E-state index contributed by atoms with van der Waals surface area (Å²) in [6.45, 7) is 6.94. The first kappa shape index (κ1) is 14.3. The zero-order chi connectivity index (χ0) is 14.7. The molecule has 3 rings (SSSR count). The van der Waals surface area contributed by atoms with Crippen LogP contribution in [0.25, 0.3) is 5.69 Å². The molecule has 1 aliphatic rings. The third-order valence-corrected chi connectivity index (χ3v) is 4.27. The zero-order valence-corrected chi connectivity index (χ0v) is 12.7. The lowest BCUT2D eigenvalue weighted by molar-refractivity contribution is 0.105. The summed E-state index contributed by atoms with van der Waals surface area (Å²) < 4.78 is 7.82. The summed E-state index contributed by atoms with van der Waals surface area (Å²) in [5.41, 5.74) is 2.37. The smallest absolute Gasteiger partial charge is 0.110 e. The average Bonchev–Trinajstić information content (AvgIpc) is 3.07. The van der Waals surface area contributed by atoms with Gasteiger partial charge in [0.1, 0.15) is 5.82 Å². The van der Waals surface area contributed by atoms with Gasteiger partial charge >= 0.3 is 0 Å². The van der Waals surface area contributed by atoms with E-state index in [1.807, 2.05) is 19.2 Å². The predicted octanol–water partition coefficient (Wildman–Crippen LogP) is 2.70. The van der Waals surface area contributed by atoms with Gasteiger partial charge in [-0.25, -0.2) is 4.98 Å². The van der Waals surface area contributed by atoms with Crippen LogP contribution < -0.4 is 5.32 Å². The van der Waals surface area contributed by atoms with E-state index in [4.69, 9.17) is 4.74 Å². The molecule has 0 amide bonds. The summed E-state index contributed by atoms with van der Waals surface area (Å²) >= 11 is 0. The van der Waals surface area contributed by atoms with Crippen molar-refractivity contribution in [3.8, 4) is 5.69 Å². The molecule has 1 fully saturated rings. The van der Waals surface area contributed by atoms with Crippen molar-refractivity contribution in [1.82, 2.24) is 14.9 Å². The SMILES string of the molecule is Cc1ncc(CNCC2CCOC2C)n1-c1ccccc1. The third-order valence-electron chi connectivity index (χ3n) is 4.27. The number of aromatic nitrogens is 2. The molecule has 112 valence electrons. The Morgan fingerprint density at radius 1 is 1.33 bits per heavy atom. The van der Waals surface area contributed by atoms with Gasteiger partial charge in [-0.3, -0.25) is 4.57 Å². The van der Waals surface area contributed by atoms with Gasteiger partial charge in [-0.1, -0.05) is 18.2 Å². The molecular weight excluding hydrogens is 262 g/mol. The second-order valence-electron chi connectivity index (χ2n) is 5.72. The van der Waals surface area contributed by atoms with Crippen molar-refractivity contribution in [3.05, 3.63) is 48.0 Å². The van der Waals surface area contributed by atoms with Gasteiger partial charge in [-0.2, -0.15) is 0 Å². The second-order valence-corrected chi connectivity index (χ2v) is 5.72. The molecule has 2 atom stereocenters. The van der Waals surface area contributed by atoms with Crippen molar-refractivity contribution in [1.29, 1.82) is 0 Å². The van der Waals surface area contributed by atoms with Crippen LogP contribution in [-0.4, -0.2) is 28.8 Å². The first-order valence-corrected chi connectivity index (χ1v) is 7.66. The Balaban J connectivity index is 1.66. The summed E-state index contributed by atoms with van der Waals surface area (Å²) in [4.78, 5) is 4.46. The van der Waals surface area contributed by atoms with Gasteiger partial charge in [-0.05, 0) is 38.3 Å². The molecule has 0 radical (unpaired) electrons. The minimum atomic E-state index is 0.373. The molecule has 2 aromatic rings. The number of hydrogen-bond donors (Lipinski definition) is 1. The molecule has 1 aliphatic heterocycles. The number of nitrogens with one attached hydrogen (secondary N) is 1. The minimum absolute atomic E-state index is 0.373. The molecule has 0 saturated carbocycles. The number of benzene rings is 1. The summed E-state index contributed by atoms with van der Waals surface area (Å²) in [5.74, 6) is 1.65. The molecule has 1 aromatic heterocycles. The topological polar surface area (TPSA) is 39.1 Å². The van der Waals surface area contributed by atoms with E-state index in [1.165, 1.54) is 11.4 Å². The summed E-state index contributed by atoms with van der Waals surface area (Å²) in [6, 6.07) is 10.4. The normalized spacial score (nSPS) is 21.8. The molecule has 4 nitrogen and oxygen atoms in total. The first-order valence-electron chi connectivity index (χ1n) is 7.66. The fourth-order valence-corrected chi connectivity index (χ4v) is 2.98. The van der Waals surface area contributed by atoms with Gasteiger partial charge in [0.15, 0.2) is 0 Å². The van der Waals surface area contributed by atoms with Crippen molar-refractivity contribution >= 4 is 0 Å². The molecule has 2 unspecified atom stereocenters. The van der Waals surface area contributed by atoms with Crippen LogP contribution in [0, 0.1) is 12.8 Å². The lowest BCUT2D eigenvalue weighted by Gasteiger charge is -2.16. The van der Waals surface area contributed by atoms with Crippen LogP contribution >= 0.6 is 0 Å². The third kappa shape index (κ3) is 3.17. The van der Waals surface area contributed by atoms with E-state index in [-0.39, 0.29) is 0 Å². The molecule has 1 saturated heterocycles. The van der Waals surface area contributed by atoms with E-state index >= 15 is 0 Å². The van der Waals surface area contributed by atoms with Crippen LogP contribution in [0.1, 0.15) is 24.9 Å². The molecule has 1 aromatic carbocycles. The van der Waals surface area contributed by atoms with E-state index < -0.39 is 0 Å². The van der Waals surface area contributed by atoms with E-state index in [0.29, 0.717) is 12.0 Å². The number of aryl methyl sites for hydroxylation is 1. The van der Waals surface area contributed by atoms with Crippen LogP contribution in [0.4, 0.5) is 0 Å². The van der Waals surface area contributed by atoms with E-state index in [9.17, 15) is 0 Å². The van der Waals surface area contributed by atoms with Crippen LogP contribution in [-0.2, 0) is 11.3 Å². The monoisotopic (exact) mass is 285 g/mol. The highest BCUT2D eigenvalue weighted by Gasteiger charge is 2.23. The van der Waals surface area contributed by atoms with E-state index in [2.05, 4.69) is 46.1 Å². The lowest BCUT2D eigenvalue weighted by atomic mass is 10.0. The highest BCUT2D eigenvalue weighted by atomic mass is 16.5. The van der Waals surface area contributed by atoms with Crippen molar-refractivity contribution < 1.29 is 4.74 Å². The van der Waals surface area contributed by atoms with Crippen molar-refractivity contribution in [2.75, 3.05) is 13.2 Å². The molecule has 1 N–H and O–H groups in total. The Kier molecular flexibility index (Phi) is 4.36. The van der Waals surface area contributed by atoms with Gasteiger partial charge < -0.3 is 10.1 Å². The number of rotatable bonds is 5. The fraction of sp³-hybridized carbons (Fsp3) is 0.471. The molecule has 4 heteroatoms. The summed E-state index contributed by atoms with van der Waals surface area (Å²) in [5, 5.41) is 3.56. The van der Waals surface area contributed by atoms with Crippen LogP contribution in [0.2, 0.25) is 0 Å². The molecule has 0 bridgehead atoms. The second kappa shape index (κ2) is 6.41. The first-order chi connectivity index (χ1) is 10.3. The number of ether oxygens (including phenoxy) is 1. The Labute approximate surface area is 126 Å². The maximum atomic E-state index is 5.61. The predicted molar refractivity (Wildman–Crippen MR) is 83.5 cm³/mol. The zero-order valence-electron chi connectivity index (χ0n) is 12.7. The largest absolute Gasteiger partial charge is 0.378 e. The van der Waals surface area contributed by atoms with Crippen LogP contribution in [0.15, 0.2) is 36.5 Å². The van der Waals surface area contributed by atoms with Crippen LogP contribution in [0.5, 0.6) is 0 Å². The Bertz CT molecular complexity index is 579. The molecular formula is C17H23N3O. The summed E-state index contributed by atoms with van der Waals surface area (Å²) in [6.07, 6.45) is 3.49. The highest BCUT2D eigenvalue weighted by Crippen LogP contribution is 2.20. The number of imidazole rings is 1. The average molecular weight is 285 g/mol. The number of hydrogen-bond acceptors (Lipinski definition) is 3. The lowest BCUT2D eigenvalue weighted by Crippen LogP contribution is -2.27. The van der Waals surface area contributed by atoms with Gasteiger partial charge in [0.25, 0.3) is 0 Å². The molecule has 2 heterocycles. The molecule has 0 spiro atoms. The standard InChI is InChI=1S/C17H23N3O/c1-13-15(8-9-21-13)10-18-11-17-12-19-14(2)20(17)16-6-4-3-5-7-16/h3-7,12-13,15,18H,8-11H2,1-2H3. The number of para-hydroxylation sites is 1. The maximum absolute atomic E-state index is 5.61. The van der Waals surface area contributed by atoms with Crippen LogP contribution in [0.3, 0.4) is 0 Å². The highest BCUT2D eigenvalue weighted by molar-refractivity contribution is 5.35. The van der Waals surface area contributed by atoms with Crippen molar-refractivity contribution in [3.63, 3.8) is 0 Å². The van der Waals surface area contributed by atoms with Gasteiger partial charge in [0.05, 0.1) is 18.0 Å². The Morgan fingerprint density at radius 3 is 2.86 bits per heavy atom. The number of nitrogens with zero attached hydrogens (tertiary/aromatic N) is 2.